The molecule has 0 bridgehead atoms. The number of sulfonamides is 1. The highest BCUT2D eigenvalue weighted by molar-refractivity contribution is 7.92. The Morgan fingerprint density at radius 2 is 1.62 bits per heavy atom. The third-order valence-corrected chi connectivity index (χ3v) is 9.85. The van der Waals surface area contributed by atoms with E-state index in [2.05, 4.69) is 5.32 Å². The van der Waals surface area contributed by atoms with Crippen LogP contribution < -0.4 is 9.62 Å². The van der Waals surface area contributed by atoms with Gasteiger partial charge in [0.15, 0.2) is 0 Å². The molecule has 0 aromatic heterocycles. The number of carbonyl (C=O) groups excluding carboxylic acids is 2. The van der Waals surface area contributed by atoms with Crippen LogP contribution in [0.5, 0.6) is 0 Å². The molecule has 3 aromatic carbocycles. The Balaban J connectivity index is 1.69. The van der Waals surface area contributed by atoms with E-state index in [-0.39, 0.29) is 29.1 Å². The lowest BCUT2D eigenvalue weighted by Gasteiger charge is -2.33. The Morgan fingerprint density at radius 1 is 0.976 bits per heavy atom. The fourth-order valence-electron chi connectivity index (χ4n) is 4.96. The molecule has 224 valence electrons. The third kappa shape index (κ3) is 7.82. The molecule has 1 aliphatic rings. The maximum atomic E-state index is 14.1. The van der Waals surface area contributed by atoms with Gasteiger partial charge in [-0.3, -0.25) is 13.9 Å². The molecule has 3 aromatic rings. The van der Waals surface area contributed by atoms with Gasteiger partial charge in [0.05, 0.1) is 10.6 Å². The Kier molecular flexibility index (Phi) is 10.5. The minimum atomic E-state index is -4.29. The van der Waals surface area contributed by atoms with Gasteiger partial charge in [-0.2, -0.15) is 0 Å². The fraction of sp³-hybridized carbons (Fsp3) is 0.355. The van der Waals surface area contributed by atoms with Gasteiger partial charge in [0.1, 0.15) is 18.4 Å². The van der Waals surface area contributed by atoms with E-state index in [1.165, 1.54) is 4.90 Å². The highest BCUT2D eigenvalue weighted by Crippen LogP contribution is 2.27. The lowest BCUT2D eigenvalue weighted by Crippen LogP contribution is -2.53. The normalized spacial score (nSPS) is 14.7. The van der Waals surface area contributed by atoms with Crippen molar-refractivity contribution < 1.29 is 22.4 Å². The van der Waals surface area contributed by atoms with Gasteiger partial charge in [0.2, 0.25) is 11.8 Å². The number of halogens is 3. The molecule has 1 N–H and O–H groups in total. The standard InChI is InChI=1S/C31H34Cl2FN3O4S/c1-21-8-14-27(15-9-21)37(42(40,41)28-16-12-25(34)13-17-28)20-30(38)36(19-23-10-11-24(32)18-29(23)33)22(2)31(39)35-26-6-4-3-5-7-26/h8-18,22,26H,3-7,19-20H2,1-2H3,(H,35,39)/t22-/m1/s1. The van der Waals surface area contributed by atoms with Crippen molar-refractivity contribution >= 4 is 50.7 Å². The number of hydrogen-bond acceptors (Lipinski definition) is 4. The summed E-state index contributed by atoms with van der Waals surface area (Å²) in [4.78, 5) is 28.6. The van der Waals surface area contributed by atoms with Gasteiger partial charge in [-0.05, 0) is 80.8 Å². The first kappa shape index (κ1) is 31.8. The smallest absolute Gasteiger partial charge is 0.264 e. The number of nitrogens with zero attached hydrogens (tertiary/aromatic N) is 2. The third-order valence-electron chi connectivity index (χ3n) is 7.48. The first-order valence-corrected chi connectivity index (χ1v) is 16.0. The maximum Gasteiger partial charge on any atom is 0.264 e. The van der Waals surface area contributed by atoms with Gasteiger partial charge in [-0.25, -0.2) is 12.8 Å². The van der Waals surface area contributed by atoms with Crippen LogP contribution in [0.15, 0.2) is 71.6 Å². The zero-order valence-corrected chi connectivity index (χ0v) is 25.9. The quantitative estimate of drug-likeness (QED) is 0.276. The van der Waals surface area contributed by atoms with Gasteiger partial charge >= 0.3 is 0 Å². The molecule has 0 heterocycles. The summed E-state index contributed by atoms with van der Waals surface area (Å²) >= 11 is 12.5. The molecular formula is C31H34Cl2FN3O4S. The van der Waals surface area contributed by atoms with Crippen LogP contribution in [-0.2, 0) is 26.2 Å². The van der Waals surface area contributed by atoms with Crippen molar-refractivity contribution in [1.82, 2.24) is 10.2 Å². The van der Waals surface area contributed by atoms with Crippen molar-refractivity contribution in [2.24, 2.45) is 0 Å². The summed E-state index contributed by atoms with van der Waals surface area (Å²) in [5.41, 5.74) is 1.70. The number of nitrogens with one attached hydrogen (secondary N) is 1. The zero-order chi connectivity index (χ0) is 30.4. The summed E-state index contributed by atoms with van der Waals surface area (Å²) < 4.78 is 42.2. The molecule has 0 unspecified atom stereocenters. The molecule has 0 saturated heterocycles. The largest absolute Gasteiger partial charge is 0.352 e. The van der Waals surface area contributed by atoms with Crippen LogP contribution in [0, 0.1) is 12.7 Å². The van der Waals surface area contributed by atoms with Gasteiger partial charge in [-0.1, -0.05) is 66.2 Å². The molecule has 42 heavy (non-hydrogen) atoms. The Morgan fingerprint density at radius 3 is 2.24 bits per heavy atom. The van der Waals surface area contributed by atoms with Gasteiger partial charge in [0.25, 0.3) is 10.0 Å². The minimum absolute atomic E-state index is 0.0210. The number of benzene rings is 3. The predicted octanol–water partition coefficient (Wildman–Crippen LogP) is 6.50. The van der Waals surface area contributed by atoms with E-state index < -0.39 is 34.3 Å². The predicted molar refractivity (Wildman–Crippen MR) is 164 cm³/mol. The summed E-state index contributed by atoms with van der Waals surface area (Å²) in [5, 5.41) is 3.79. The van der Waals surface area contributed by atoms with Crippen LogP contribution in [0.2, 0.25) is 10.0 Å². The van der Waals surface area contributed by atoms with Crippen molar-refractivity contribution in [3.63, 3.8) is 0 Å². The van der Waals surface area contributed by atoms with Crippen LogP contribution in [0.4, 0.5) is 10.1 Å². The molecule has 0 radical (unpaired) electrons. The molecule has 7 nitrogen and oxygen atoms in total. The van der Waals surface area contributed by atoms with Crippen molar-refractivity contribution in [3.05, 3.63) is 93.7 Å². The van der Waals surface area contributed by atoms with E-state index in [9.17, 15) is 22.4 Å². The molecule has 0 aliphatic heterocycles. The monoisotopic (exact) mass is 633 g/mol. The van der Waals surface area contributed by atoms with Crippen LogP contribution >= 0.6 is 23.2 Å². The minimum Gasteiger partial charge on any atom is -0.352 e. The summed E-state index contributed by atoms with van der Waals surface area (Å²) in [6.45, 7) is 2.82. The van der Waals surface area contributed by atoms with E-state index in [1.807, 2.05) is 6.92 Å². The molecule has 0 spiro atoms. The summed E-state index contributed by atoms with van der Waals surface area (Å²) in [6, 6.07) is 15.0. The maximum absolute atomic E-state index is 14.1. The molecule has 4 rings (SSSR count). The van der Waals surface area contributed by atoms with Crippen molar-refractivity contribution in [3.8, 4) is 0 Å². The molecular weight excluding hydrogens is 600 g/mol. The van der Waals surface area contributed by atoms with E-state index in [1.54, 1.807) is 49.4 Å². The second-order valence-electron chi connectivity index (χ2n) is 10.6. The number of aryl methyl sites for hydroxylation is 1. The fourth-order valence-corrected chi connectivity index (χ4v) is 6.84. The van der Waals surface area contributed by atoms with Crippen molar-refractivity contribution in [1.29, 1.82) is 0 Å². The van der Waals surface area contributed by atoms with Crippen molar-refractivity contribution in [2.45, 2.75) is 69.5 Å². The van der Waals surface area contributed by atoms with E-state index >= 15 is 0 Å². The first-order valence-electron chi connectivity index (χ1n) is 13.8. The average molecular weight is 635 g/mol. The number of anilines is 1. The highest BCUT2D eigenvalue weighted by atomic mass is 35.5. The lowest BCUT2D eigenvalue weighted by molar-refractivity contribution is -0.139. The van der Waals surface area contributed by atoms with Gasteiger partial charge < -0.3 is 10.2 Å². The topological polar surface area (TPSA) is 86.8 Å². The molecule has 1 atom stereocenters. The van der Waals surface area contributed by atoms with Crippen LogP contribution in [0.3, 0.4) is 0 Å². The molecule has 11 heteroatoms. The van der Waals surface area contributed by atoms with E-state index in [0.717, 1.165) is 66.2 Å². The van der Waals surface area contributed by atoms with Crippen LogP contribution in [0.25, 0.3) is 0 Å². The van der Waals surface area contributed by atoms with Gasteiger partial charge in [-0.15, -0.1) is 0 Å². The second kappa shape index (κ2) is 13.9. The van der Waals surface area contributed by atoms with E-state index in [0.29, 0.717) is 15.6 Å². The lowest BCUT2D eigenvalue weighted by atomic mass is 9.95. The zero-order valence-electron chi connectivity index (χ0n) is 23.5. The van der Waals surface area contributed by atoms with E-state index in [4.69, 9.17) is 23.2 Å². The number of hydrogen-bond donors (Lipinski definition) is 1. The highest BCUT2D eigenvalue weighted by Gasteiger charge is 2.33. The molecule has 1 saturated carbocycles. The number of amides is 2. The Hall–Kier alpha value is -3.14. The Bertz CT molecular complexity index is 1510. The SMILES string of the molecule is Cc1ccc(N(CC(=O)N(Cc2ccc(Cl)cc2Cl)[C@H](C)C(=O)NC2CCCCC2)S(=O)(=O)c2ccc(F)cc2)cc1. The Labute approximate surface area is 256 Å². The summed E-state index contributed by atoms with van der Waals surface area (Å²) in [6.07, 6.45) is 4.91. The second-order valence-corrected chi connectivity index (χ2v) is 13.3. The molecule has 1 aliphatic carbocycles. The van der Waals surface area contributed by atoms with Crippen molar-refractivity contribution in [2.75, 3.05) is 10.8 Å². The summed E-state index contributed by atoms with van der Waals surface area (Å²) in [5.74, 6) is -1.53. The first-order chi connectivity index (χ1) is 20.0. The van der Waals surface area contributed by atoms with Crippen LogP contribution in [-0.4, -0.2) is 43.8 Å². The molecule has 1 fully saturated rings. The van der Waals surface area contributed by atoms with Gasteiger partial charge in [0, 0.05) is 22.6 Å². The average Bonchev–Trinajstić information content (AvgIpc) is 2.96. The number of carbonyl (C=O) groups is 2. The molecule has 2 amide bonds. The number of rotatable bonds is 10. The van der Waals surface area contributed by atoms with Crippen LogP contribution in [0.1, 0.15) is 50.2 Å². The summed E-state index contributed by atoms with van der Waals surface area (Å²) in [7, 11) is -4.29.